The molecule has 1 aromatic carbocycles. The van der Waals surface area contributed by atoms with E-state index in [2.05, 4.69) is 35.8 Å². The SMILES string of the molecule is COCCCC1CNc2cc(C)ccc2N1. The number of benzene rings is 1. The summed E-state index contributed by atoms with van der Waals surface area (Å²) in [6, 6.07) is 7.00. The van der Waals surface area contributed by atoms with Gasteiger partial charge in [-0.1, -0.05) is 6.07 Å². The van der Waals surface area contributed by atoms with Crippen LogP contribution in [0.25, 0.3) is 0 Å². The molecule has 0 bridgehead atoms. The Kier molecular flexibility index (Phi) is 3.67. The minimum absolute atomic E-state index is 0.519. The predicted octanol–water partition coefficient (Wildman–Crippen LogP) is 2.63. The molecule has 88 valence electrons. The Morgan fingerprint density at radius 3 is 3.06 bits per heavy atom. The molecule has 0 amide bonds. The van der Waals surface area contributed by atoms with Crippen molar-refractivity contribution in [1.82, 2.24) is 0 Å². The molecule has 1 aliphatic rings. The maximum absolute atomic E-state index is 5.07. The molecule has 0 aromatic heterocycles. The van der Waals surface area contributed by atoms with Gasteiger partial charge in [0.15, 0.2) is 0 Å². The van der Waals surface area contributed by atoms with Crippen LogP contribution in [0.15, 0.2) is 18.2 Å². The van der Waals surface area contributed by atoms with Gasteiger partial charge in [-0.15, -0.1) is 0 Å². The highest BCUT2D eigenvalue weighted by atomic mass is 16.5. The summed E-state index contributed by atoms with van der Waals surface area (Å²) < 4.78 is 5.07. The van der Waals surface area contributed by atoms with Crippen LogP contribution in [0.3, 0.4) is 0 Å². The Balaban J connectivity index is 1.93. The van der Waals surface area contributed by atoms with Crippen LogP contribution in [0.4, 0.5) is 11.4 Å². The number of anilines is 2. The number of aryl methyl sites for hydroxylation is 1. The van der Waals surface area contributed by atoms with Crippen LogP contribution in [0, 0.1) is 6.92 Å². The molecular weight excluding hydrogens is 200 g/mol. The smallest absolute Gasteiger partial charge is 0.0579 e. The van der Waals surface area contributed by atoms with Gasteiger partial charge >= 0.3 is 0 Å². The Morgan fingerprint density at radius 1 is 1.38 bits per heavy atom. The van der Waals surface area contributed by atoms with Crippen LogP contribution in [0.1, 0.15) is 18.4 Å². The topological polar surface area (TPSA) is 33.3 Å². The molecule has 3 nitrogen and oxygen atoms in total. The molecule has 1 aliphatic heterocycles. The third-order valence-electron chi connectivity index (χ3n) is 2.97. The average molecular weight is 220 g/mol. The van der Waals surface area contributed by atoms with E-state index in [0.717, 1.165) is 26.0 Å². The van der Waals surface area contributed by atoms with Crippen molar-refractivity contribution < 1.29 is 4.74 Å². The minimum atomic E-state index is 0.519. The summed E-state index contributed by atoms with van der Waals surface area (Å²) in [4.78, 5) is 0. The first-order chi connectivity index (χ1) is 7.79. The van der Waals surface area contributed by atoms with Gasteiger partial charge in [-0.3, -0.25) is 0 Å². The number of hydrogen-bond donors (Lipinski definition) is 2. The van der Waals surface area contributed by atoms with Crippen LogP contribution in [0.5, 0.6) is 0 Å². The zero-order valence-corrected chi connectivity index (χ0v) is 10.0. The van der Waals surface area contributed by atoms with Gasteiger partial charge in [0.25, 0.3) is 0 Å². The van der Waals surface area contributed by atoms with Crippen molar-refractivity contribution >= 4 is 11.4 Å². The fourth-order valence-corrected chi connectivity index (χ4v) is 2.08. The van der Waals surface area contributed by atoms with E-state index in [-0.39, 0.29) is 0 Å². The highest BCUT2D eigenvalue weighted by Crippen LogP contribution is 2.27. The third kappa shape index (κ3) is 2.67. The van der Waals surface area contributed by atoms with Gasteiger partial charge in [-0.2, -0.15) is 0 Å². The van der Waals surface area contributed by atoms with Gasteiger partial charge in [0.05, 0.1) is 11.4 Å². The largest absolute Gasteiger partial charge is 0.385 e. The van der Waals surface area contributed by atoms with Gasteiger partial charge < -0.3 is 15.4 Å². The first-order valence-corrected chi connectivity index (χ1v) is 5.89. The van der Waals surface area contributed by atoms with E-state index < -0.39 is 0 Å². The lowest BCUT2D eigenvalue weighted by Gasteiger charge is -2.28. The van der Waals surface area contributed by atoms with Crippen molar-refractivity contribution in [2.45, 2.75) is 25.8 Å². The van der Waals surface area contributed by atoms with Crippen molar-refractivity contribution in [2.75, 3.05) is 30.9 Å². The minimum Gasteiger partial charge on any atom is -0.385 e. The molecule has 2 N–H and O–H groups in total. The summed E-state index contributed by atoms with van der Waals surface area (Å²) in [5.74, 6) is 0. The first kappa shape index (κ1) is 11.3. The summed E-state index contributed by atoms with van der Waals surface area (Å²) in [5.41, 5.74) is 3.74. The van der Waals surface area contributed by atoms with Gasteiger partial charge in [-0.25, -0.2) is 0 Å². The quantitative estimate of drug-likeness (QED) is 0.765. The zero-order valence-electron chi connectivity index (χ0n) is 10.0. The fraction of sp³-hybridized carbons (Fsp3) is 0.538. The number of methoxy groups -OCH3 is 1. The van der Waals surface area contributed by atoms with E-state index in [0.29, 0.717) is 6.04 Å². The Hall–Kier alpha value is -1.22. The van der Waals surface area contributed by atoms with Gasteiger partial charge in [-0.05, 0) is 37.5 Å². The molecule has 1 aromatic rings. The van der Waals surface area contributed by atoms with Crippen molar-refractivity contribution in [2.24, 2.45) is 0 Å². The molecule has 0 spiro atoms. The molecule has 1 unspecified atom stereocenters. The van der Waals surface area contributed by atoms with E-state index in [1.165, 1.54) is 16.9 Å². The van der Waals surface area contributed by atoms with Gasteiger partial charge in [0.1, 0.15) is 0 Å². The molecule has 3 heteroatoms. The zero-order chi connectivity index (χ0) is 11.4. The molecule has 1 atom stereocenters. The fourth-order valence-electron chi connectivity index (χ4n) is 2.08. The summed E-state index contributed by atoms with van der Waals surface area (Å²) in [6.07, 6.45) is 2.26. The third-order valence-corrected chi connectivity index (χ3v) is 2.97. The standard InChI is InChI=1S/C13H20N2O/c1-10-5-6-12-13(8-10)14-9-11(15-12)4-3-7-16-2/h5-6,8,11,14-15H,3-4,7,9H2,1-2H3. The monoisotopic (exact) mass is 220 g/mol. The second-order valence-corrected chi connectivity index (χ2v) is 4.41. The van der Waals surface area contributed by atoms with Crippen LogP contribution in [-0.4, -0.2) is 26.3 Å². The second kappa shape index (κ2) is 5.21. The number of fused-ring (bicyclic) bond motifs is 1. The predicted molar refractivity (Wildman–Crippen MR) is 68.2 cm³/mol. The highest BCUT2D eigenvalue weighted by Gasteiger charge is 2.16. The van der Waals surface area contributed by atoms with E-state index in [4.69, 9.17) is 4.74 Å². The van der Waals surface area contributed by atoms with Gasteiger partial charge in [0, 0.05) is 26.3 Å². The Morgan fingerprint density at radius 2 is 2.25 bits per heavy atom. The first-order valence-electron chi connectivity index (χ1n) is 5.89. The van der Waals surface area contributed by atoms with Crippen LogP contribution >= 0.6 is 0 Å². The molecule has 0 saturated heterocycles. The maximum Gasteiger partial charge on any atom is 0.0579 e. The molecule has 0 radical (unpaired) electrons. The van der Waals surface area contributed by atoms with E-state index in [1.54, 1.807) is 7.11 Å². The number of hydrogen-bond acceptors (Lipinski definition) is 3. The van der Waals surface area contributed by atoms with Crippen LogP contribution in [-0.2, 0) is 4.74 Å². The number of nitrogens with one attached hydrogen (secondary N) is 2. The highest BCUT2D eigenvalue weighted by molar-refractivity contribution is 5.72. The molecule has 1 heterocycles. The maximum atomic E-state index is 5.07. The average Bonchev–Trinajstić information content (AvgIpc) is 2.29. The summed E-state index contributed by atoms with van der Waals surface area (Å²) in [7, 11) is 1.75. The molecule has 16 heavy (non-hydrogen) atoms. The lowest BCUT2D eigenvalue weighted by molar-refractivity contribution is 0.191. The summed E-state index contributed by atoms with van der Waals surface area (Å²) in [6.45, 7) is 3.96. The molecule has 0 fully saturated rings. The Bertz CT molecular complexity index is 352. The van der Waals surface area contributed by atoms with E-state index >= 15 is 0 Å². The number of rotatable bonds is 4. The van der Waals surface area contributed by atoms with Crippen molar-refractivity contribution in [3.05, 3.63) is 23.8 Å². The van der Waals surface area contributed by atoms with Crippen LogP contribution in [0.2, 0.25) is 0 Å². The molecule has 0 aliphatic carbocycles. The van der Waals surface area contributed by atoms with E-state index in [9.17, 15) is 0 Å². The van der Waals surface area contributed by atoms with Crippen molar-refractivity contribution in [1.29, 1.82) is 0 Å². The second-order valence-electron chi connectivity index (χ2n) is 4.41. The lowest BCUT2D eigenvalue weighted by Crippen LogP contribution is -2.33. The lowest BCUT2D eigenvalue weighted by atomic mass is 10.1. The Labute approximate surface area is 97.2 Å². The molecule has 0 saturated carbocycles. The normalized spacial score (nSPS) is 18.5. The summed E-state index contributed by atoms with van der Waals surface area (Å²) in [5, 5.41) is 7.04. The summed E-state index contributed by atoms with van der Waals surface area (Å²) >= 11 is 0. The number of ether oxygens (including phenoxy) is 1. The van der Waals surface area contributed by atoms with Crippen LogP contribution < -0.4 is 10.6 Å². The van der Waals surface area contributed by atoms with Crippen molar-refractivity contribution in [3.63, 3.8) is 0 Å². The van der Waals surface area contributed by atoms with Crippen molar-refractivity contribution in [3.8, 4) is 0 Å². The van der Waals surface area contributed by atoms with E-state index in [1.807, 2.05) is 0 Å². The van der Waals surface area contributed by atoms with Gasteiger partial charge in [0.2, 0.25) is 0 Å². The molecule has 2 rings (SSSR count). The molecular formula is C13H20N2O.